The molecule has 1 fully saturated rings. The molecule has 1 aliphatic rings. The molecule has 0 bridgehead atoms. The Hall–Kier alpha value is -0.900. The van der Waals surface area contributed by atoms with Gasteiger partial charge in [0, 0.05) is 53.2 Å². The van der Waals surface area contributed by atoms with Crippen LogP contribution in [0.15, 0.2) is 29.3 Å². The van der Waals surface area contributed by atoms with Crippen molar-refractivity contribution in [2.45, 2.75) is 39.3 Å². The summed E-state index contributed by atoms with van der Waals surface area (Å²) in [6.07, 6.45) is 3.22. The van der Waals surface area contributed by atoms with Gasteiger partial charge >= 0.3 is 0 Å². The lowest BCUT2D eigenvalue weighted by Gasteiger charge is -2.21. The topological polar surface area (TPSA) is 64.1 Å². The molecule has 0 unspecified atom stereocenters. The Kier molecular flexibility index (Phi) is 14.3. The molecule has 1 heterocycles. The maximum atomic E-state index is 5.79. The molecule has 1 aliphatic heterocycles. The Morgan fingerprint density at radius 1 is 1.11 bits per heavy atom. The monoisotopic (exact) mass is 505 g/mol. The van der Waals surface area contributed by atoms with E-state index in [1.807, 2.05) is 6.92 Å². The Bertz CT molecular complexity index is 534. The number of aliphatic imine (C=N–C) groups is 1. The van der Waals surface area contributed by atoms with Gasteiger partial charge in [0.05, 0.1) is 6.61 Å². The number of nitrogens with one attached hydrogen (secondary N) is 2. The highest BCUT2D eigenvalue weighted by Crippen LogP contribution is 2.14. The summed E-state index contributed by atoms with van der Waals surface area (Å²) in [5.41, 5.74) is 2.42. The van der Waals surface area contributed by atoms with Crippen LogP contribution in [-0.2, 0) is 27.4 Å². The van der Waals surface area contributed by atoms with Crippen molar-refractivity contribution in [3.63, 3.8) is 0 Å². The van der Waals surface area contributed by atoms with Crippen molar-refractivity contribution >= 4 is 29.9 Å². The number of rotatable bonds is 11. The van der Waals surface area contributed by atoms with Crippen molar-refractivity contribution in [1.29, 1.82) is 0 Å². The Morgan fingerprint density at radius 2 is 1.82 bits per heavy atom. The number of benzene rings is 1. The molecule has 0 atom stereocenters. The van der Waals surface area contributed by atoms with Crippen LogP contribution in [0.1, 0.15) is 37.3 Å². The third-order valence-electron chi connectivity index (χ3n) is 4.63. The van der Waals surface area contributed by atoms with E-state index in [-0.39, 0.29) is 24.0 Å². The van der Waals surface area contributed by atoms with E-state index in [0.717, 1.165) is 71.3 Å². The molecule has 160 valence electrons. The summed E-state index contributed by atoms with van der Waals surface area (Å²) >= 11 is 0. The van der Waals surface area contributed by atoms with E-state index in [9.17, 15) is 0 Å². The predicted molar refractivity (Wildman–Crippen MR) is 124 cm³/mol. The normalized spacial score (nSPS) is 15.1. The fourth-order valence-corrected chi connectivity index (χ4v) is 2.92. The van der Waals surface area contributed by atoms with Gasteiger partial charge in [-0.2, -0.15) is 0 Å². The molecule has 0 radical (unpaired) electrons. The predicted octanol–water partition coefficient (Wildman–Crippen LogP) is 3.34. The van der Waals surface area contributed by atoms with E-state index >= 15 is 0 Å². The summed E-state index contributed by atoms with van der Waals surface area (Å²) in [5.74, 6) is 1.49. The van der Waals surface area contributed by atoms with Gasteiger partial charge in [-0.1, -0.05) is 24.3 Å². The second kappa shape index (κ2) is 16.0. The molecule has 1 aromatic carbocycles. The van der Waals surface area contributed by atoms with E-state index in [2.05, 4.69) is 39.9 Å². The highest BCUT2D eigenvalue weighted by Gasteiger charge is 2.13. The zero-order valence-corrected chi connectivity index (χ0v) is 19.6. The van der Waals surface area contributed by atoms with Crippen LogP contribution in [0.3, 0.4) is 0 Å². The van der Waals surface area contributed by atoms with Gasteiger partial charge in [0.15, 0.2) is 5.96 Å². The summed E-state index contributed by atoms with van der Waals surface area (Å²) < 4.78 is 16.6. The number of nitrogens with zero attached hydrogens (tertiary/aromatic N) is 1. The highest BCUT2D eigenvalue weighted by molar-refractivity contribution is 14.0. The maximum Gasteiger partial charge on any atom is 0.191 e. The molecule has 0 amide bonds. The van der Waals surface area contributed by atoms with Crippen molar-refractivity contribution < 1.29 is 14.2 Å². The van der Waals surface area contributed by atoms with Crippen molar-refractivity contribution in [1.82, 2.24) is 10.6 Å². The van der Waals surface area contributed by atoms with Gasteiger partial charge in [-0.15, -0.1) is 24.0 Å². The lowest BCUT2D eigenvalue weighted by Crippen LogP contribution is -2.37. The second-order valence-corrected chi connectivity index (χ2v) is 6.79. The fourth-order valence-electron chi connectivity index (χ4n) is 2.92. The Balaban J connectivity index is 0.00000392. The van der Waals surface area contributed by atoms with Crippen molar-refractivity contribution in [3.05, 3.63) is 35.4 Å². The third-order valence-corrected chi connectivity index (χ3v) is 4.63. The van der Waals surface area contributed by atoms with Gasteiger partial charge in [0.1, 0.15) is 0 Å². The average molecular weight is 505 g/mol. The van der Waals surface area contributed by atoms with Crippen molar-refractivity contribution in [3.8, 4) is 0 Å². The maximum absolute atomic E-state index is 5.79. The zero-order chi connectivity index (χ0) is 19.2. The van der Waals surface area contributed by atoms with Crippen LogP contribution in [0.2, 0.25) is 0 Å². The van der Waals surface area contributed by atoms with Crippen LogP contribution in [0.4, 0.5) is 0 Å². The molecule has 2 rings (SSSR count). The quantitative estimate of drug-likeness (QED) is 0.209. The van der Waals surface area contributed by atoms with Gasteiger partial charge in [-0.05, 0) is 43.2 Å². The van der Waals surface area contributed by atoms with Crippen LogP contribution >= 0.6 is 24.0 Å². The van der Waals surface area contributed by atoms with Gasteiger partial charge in [0.2, 0.25) is 0 Å². The number of guanidine groups is 1. The van der Waals surface area contributed by atoms with Crippen LogP contribution < -0.4 is 10.6 Å². The first kappa shape index (κ1) is 25.1. The summed E-state index contributed by atoms with van der Waals surface area (Å²) in [6.45, 7) is 8.42. The molecule has 1 saturated heterocycles. The van der Waals surface area contributed by atoms with Crippen LogP contribution in [0.25, 0.3) is 0 Å². The van der Waals surface area contributed by atoms with Gasteiger partial charge in [0.25, 0.3) is 0 Å². The minimum Gasteiger partial charge on any atom is -0.381 e. The number of hydrogen-bond acceptors (Lipinski definition) is 4. The van der Waals surface area contributed by atoms with Crippen molar-refractivity contribution in [2.75, 3.05) is 46.6 Å². The smallest absolute Gasteiger partial charge is 0.191 e. The molecule has 0 saturated carbocycles. The molecular formula is C21H36IN3O3. The lowest BCUT2D eigenvalue weighted by molar-refractivity contribution is 0.0203. The summed E-state index contributed by atoms with van der Waals surface area (Å²) in [6, 6.07) is 8.47. The van der Waals surface area contributed by atoms with Gasteiger partial charge in [-0.25, -0.2) is 0 Å². The summed E-state index contributed by atoms with van der Waals surface area (Å²) in [7, 11) is 1.79. The third kappa shape index (κ3) is 10.6. The first-order chi connectivity index (χ1) is 13.3. The van der Waals surface area contributed by atoms with E-state index in [0.29, 0.717) is 12.5 Å². The zero-order valence-electron chi connectivity index (χ0n) is 17.2. The van der Waals surface area contributed by atoms with Gasteiger partial charge in [-0.3, -0.25) is 4.99 Å². The van der Waals surface area contributed by atoms with E-state index < -0.39 is 0 Å². The molecule has 1 aromatic rings. The average Bonchev–Trinajstić information content (AvgIpc) is 2.72. The number of halogens is 1. The van der Waals surface area contributed by atoms with Crippen molar-refractivity contribution in [2.24, 2.45) is 10.9 Å². The molecule has 0 aliphatic carbocycles. The summed E-state index contributed by atoms with van der Waals surface area (Å²) in [4.78, 5) is 4.27. The summed E-state index contributed by atoms with van der Waals surface area (Å²) in [5, 5.41) is 6.68. The highest BCUT2D eigenvalue weighted by atomic mass is 127. The number of hydrogen-bond donors (Lipinski definition) is 2. The molecule has 7 heteroatoms. The Morgan fingerprint density at radius 3 is 2.50 bits per heavy atom. The van der Waals surface area contributed by atoms with Crippen LogP contribution in [0, 0.1) is 5.92 Å². The molecule has 28 heavy (non-hydrogen) atoms. The van der Waals surface area contributed by atoms with E-state index in [1.54, 1.807) is 7.05 Å². The minimum atomic E-state index is 0. The molecule has 0 aromatic heterocycles. The van der Waals surface area contributed by atoms with Crippen LogP contribution in [-0.4, -0.2) is 52.6 Å². The number of ether oxygens (including phenoxy) is 3. The molecular weight excluding hydrogens is 469 g/mol. The molecule has 2 N–H and O–H groups in total. The second-order valence-electron chi connectivity index (χ2n) is 6.79. The molecule has 6 nitrogen and oxygen atoms in total. The van der Waals surface area contributed by atoms with Gasteiger partial charge < -0.3 is 24.8 Å². The molecule has 0 spiro atoms. The largest absolute Gasteiger partial charge is 0.381 e. The lowest BCUT2D eigenvalue weighted by atomic mass is 10.0. The first-order valence-corrected chi connectivity index (χ1v) is 10.1. The fraction of sp³-hybridized carbons (Fsp3) is 0.667. The van der Waals surface area contributed by atoms with E-state index in [1.165, 1.54) is 11.1 Å². The van der Waals surface area contributed by atoms with E-state index in [4.69, 9.17) is 14.2 Å². The first-order valence-electron chi connectivity index (χ1n) is 10.1. The SMILES string of the molecule is CCOCc1ccc(CNC(=NC)NCCCOCC2CCOCC2)cc1.I. The Labute approximate surface area is 186 Å². The van der Waals surface area contributed by atoms with Crippen LogP contribution in [0.5, 0.6) is 0 Å². The standard InChI is InChI=1S/C21H35N3O3.HI/c1-3-25-16-19-7-5-18(6-8-19)15-24-21(22-2)23-11-4-12-27-17-20-9-13-26-14-10-20;/h5-8,20H,3-4,9-17H2,1-2H3,(H2,22,23,24);1H. The minimum absolute atomic E-state index is 0.